The Kier molecular flexibility index (Phi) is 4.81. The molecule has 0 radical (unpaired) electrons. The highest BCUT2D eigenvalue weighted by molar-refractivity contribution is 7.86. The molecule has 0 spiro atoms. The first kappa shape index (κ1) is 14.7. The lowest BCUT2D eigenvalue weighted by atomic mass is 10.2. The van der Waals surface area contributed by atoms with Gasteiger partial charge in [0.25, 0.3) is 10.2 Å². The molecule has 0 aromatic carbocycles. The molecule has 1 N–H and O–H groups in total. The molecule has 1 saturated carbocycles. The fourth-order valence-corrected chi connectivity index (χ4v) is 4.85. The van der Waals surface area contributed by atoms with E-state index in [2.05, 4.69) is 0 Å². The van der Waals surface area contributed by atoms with Crippen molar-refractivity contribution >= 4 is 16.2 Å². The van der Waals surface area contributed by atoms with Crippen LogP contribution in [-0.2, 0) is 15.0 Å². The van der Waals surface area contributed by atoms with Crippen molar-refractivity contribution in [2.24, 2.45) is 0 Å². The van der Waals surface area contributed by atoms with E-state index in [1.807, 2.05) is 0 Å². The number of carboxylic acids is 1. The highest BCUT2D eigenvalue weighted by atomic mass is 32.2. The van der Waals surface area contributed by atoms with Crippen molar-refractivity contribution < 1.29 is 18.3 Å². The number of nitrogens with zero attached hydrogens (tertiary/aromatic N) is 2. The van der Waals surface area contributed by atoms with E-state index in [0.717, 1.165) is 44.9 Å². The molecule has 1 aliphatic carbocycles. The van der Waals surface area contributed by atoms with Crippen LogP contribution in [0, 0.1) is 0 Å². The fourth-order valence-electron chi connectivity index (χ4n) is 2.97. The van der Waals surface area contributed by atoms with Crippen LogP contribution in [0.1, 0.15) is 44.9 Å². The van der Waals surface area contributed by atoms with Crippen molar-refractivity contribution in [2.45, 2.75) is 51.0 Å². The second kappa shape index (κ2) is 6.19. The third-order valence-electron chi connectivity index (χ3n) is 3.96. The molecule has 0 amide bonds. The SMILES string of the molecule is O=C(O)CN(C1CCCC1)S(=O)(=O)N1CCCCC1. The Morgan fingerprint density at radius 1 is 1.11 bits per heavy atom. The van der Waals surface area contributed by atoms with Crippen molar-refractivity contribution in [3.8, 4) is 0 Å². The van der Waals surface area contributed by atoms with Crippen LogP contribution < -0.4 is 0 Å². The maximum Gasteiger partial charge on any atom is 0.318 e. The lowest BCUT2D eigenvalue weighted by molar-refractivity contribution is -0.137. The molecule has 6 nitrogen and oxygen atoms in total. The Labute approximate surface area is 114 Å². The van der Waals surface area contributed by atoms with Crippen molar-refractivity contribution in [2.75, 3.05) is 19.6 Å². The van der Waals surface area contributed by atoms with Crippen molar-refractivity contribution in [1.82, 2.24) is 8.61 Å². The summed E-state index contributed by atoms with van der Waals surface area (Å²) in [4.78, 5) is 11.0. The van der Waals surface area contributed by atoms with Crippen LogP contribution in [0.5, 0.6) is 0 Å². The maximum absolute atomic E-state index is 12.6. The average molecular weight is 290 g/mol. The molecule has 1 saturated heterocycles. The predicted octanol–water partition coefficient (Wildman–Crippen LogP) is 1.05. The fraction of sp³-hybridized carbons (Fsp3) is 0.917. The lowest BCUT2D eigenvalue weighted by Crippen LogP contribution is -2.51. The number of hydrogen-bond donors (Lipinski definition) is 1. The van der Waals surface area contributed by atoms with Crippen LogP contribution in [0.15, 0.2) is 0 Å². The molecule has 0 aromatic rings. The Hall–Kier alpha value is -0.660. The first-order valence-corrected chi connectivity index (χ1v) is 8.40. The first-order chi connectivity index (χ1) is 9.01. The second-order valence-corrected chi connectivity index (χ2v) is 7.23. The van der Waals surface area contributed by atoms with Crippen LogP contribution in [0.3, 0.4) is 0 Å². The highest BCUT2D eigenvalue weighted by Gasteiger charge is 2.37. The van der Waals surface area contributed by atoms with E-state index in [0.29, 0.717) is 13.1 Å². The Bertz CT molecular complexity index is 411. The largest absolute Gasteiger partial charge is 0.480 e. The van der Waals surface area contributed by atoms with Crippen molar-refractivity contribution in [3.63, 3.8) is 0 Å². The molecule has 2 rings (SSSR count). The molecule has 110 valence electrons. The third-order valence-corrected chi connectivity index (χ3v) is 6.00. The number of piperidine rings is 1. The lowest BCUT2D eigenvalue weighted by Gasteiger charge is -2.34. The van der Waals surface area contributed by atoms with Crippen molar-refractivity contribution in [1.29, 1.82) is 0 Å². The Balaban J connectivity index is 2.17. The van der Waals surface area contributed by atoms with Gasteiger partial charge in [0.2, 0.25) is 0 Å². The third kappa shape index (κ3) is 3.46. The molecule has 1 aliphatic heterocycles. The van der Waals surface area contributed by atoms with Gasteiger partial charge >= 0.3 is 5.97 Å². The van der Waals surface area contributed by atoms with Gasteiger partial charge in [-0.1, -0.05) is 19.3 Å². The standard InChI is InChI=1S/C12H22N2O4S/c15-12(16)10-14(11-6-2-3-7-11)19(17,18)13-8-4-1-5-9-13/h11H,1-10H2,(H,15,16). The number of aliphatic carboxylic acids is 1. The van der Waals surface area contributed by atoms with Gasteiger partial charge in [0.15, 0.2) is 0 Å². The number of rotatable bonds is 5. The van der Waals surface area contributed by atoms with Gasteiger partial charge in [-0.2, -0.15) is 17.0 Å². The molecule has 19 heavy (non-hydrogen) atoms. The van der Waals surface area contributed by atoms with Crippen LogP contribution in [0.2, 0.25) is 0 Å². The van der Waals surface area contributed by atoms with Crippen LogP contribution in [0.25, 0.3) is 0 Å². The molecule has 2 aliphatic rings. The summed E-state index contributed by atoms with van der Waals surface area (Å²) in [7, 11) is -3.62. The van der Waals surface area contributed by atoms with Crippen LogP contribution in [-0.4, -0.2) is 53.8 Å². The van der Waals surface area contributed by atoms with Crippen LogP contribution >= 0.6 is 0 Å². The molecule has 0 atom stereocenters. The van der Waals surface area contributed by atoms with Crippen LogP contribution in [0.4, 0.5) is 0 Å². The van der Waals surface area contributed by atoms with Gasteiger partial charge in [-0.15, -0.1) is 0 Å². The minimum absolute atomic E-state index is 0.136. The topological polar surface area (TPSA) is 77.9 Å². The van der Waals surface area contributed by atoms with Crippen molar-refractivity contribution in [3.05, 3.63) is 0 Å². The zero-order valence-corrected chi connectivity index (χ0v) is 11.9. The molecule has 0 unspecified atom stereocenters. The highest BCUT2D eigenvalue weighted by Crippen LogP contribution is 2.27. The quantitative estimate of drug-likeness (QED) is 0.821. The maximum atomic E-state index is 12.6. The normalized spacial score (nSPS) is 23.0. The molecular formula is C12H22N2O4S. The Morgan fingerprint density at radius 2 is 1.68 bits per heavy atom. The van der Waals surface area contributed by atoms with E-state index < -0.39 is 22.7 Å². The predicted molar refractivity (Wildman–Crippen MR) is 70.9 cm³/mol. The monoisotopic (exact) mass is 290 g/mol. The van der Waals surface area contributed by atoms with Gasteiger partial charge in [-0.05, 0) is 25.7 Å². The molecule has 2 fully saturated rings. The zero-order valence-electron chi connectivity index (χ0n) is 11.1. The van der Waals surface area contributed by atoms with E-state index in [9.17, 15) is 13.2 Å². The Morgan fingerprint density at radius 3 is 2.21 bits per heavy atom. The molecule has 0 bridgehead atoms. The average Bonchev–Trinajstić information content (AvgIpc) is 2.90. The summed E-state index contributed by atoms with van der Waals surface area (Å²) in [5.74, 6) is -1.08. The summed E-state index contributed by atoms with van der Waals surface area (Å²) in [5.41, 5.74) is 0. The summed E-state index contributed by atoms with van der Waals surface area (Å²) in [5, 5.41) is 8.98. The van der Waals surface area contributed by atoms with E-state index >= 15 is 0 Å². The summed E-state index contributed by atoms with van der Waals surface area (Å²) >= 11 is 0. The first-order valence-electron chi connectivity index (χ1n) is 7.00. The number of carboxylic acid groups (broad SMARTS) is 1. The molecule has 7 heteroatoms. The van der Waals surface area contributed by atoms with Gasteiger partial charge in [0.1, 0.15) is 6.54 Å². The number of hydrogen-bond acceptors (Lipinski definition) is 3. The van der Waals surface area contributed by atoms with Gasteiger partial charge in [-0.3, -0.25) is 4.79 Å². The minimum atomic E-state index is -3.62. The smallest absolute Gasteiger partial charge is 0.318 e. The molecular weight excluding hydrogens is 268 g/mol. The van der Waals surface area contributed by atoms with E-state index in [-0.39, 0.29) is 6.04 Å². The second-order valence-electron chi connectivity index (χ2n) is 5.34. The summed E-state index contributed by atoms with van der Waals surface area (Å²) in [6.45, 7) is 0.625. The zero-order chi connectivity index (χ0) is 13.9. The molecule has 0 aromatic heterocycles. The van der Waals surface area contributed by atoms with Gasteiger partial charge in [0, 0.05) is 19.1 Å². The van der Waals surface area contributed by atoms with Gasteiger partial charge < -0.3 is 5.11 Å². The van der Waals surface area contributed by atoms with E-state index in [1.165, 1.54) is 8.61 Å². The summed E-state index contributed by atoms with van der Waals surface area (Å²) in [6.07, 6.45) is 6.30. The van der Waals surface area contributed by atoms with Gasteiger partial charge in [0.05, 0.1) is 0 Å². The number of carbonyl (C=O) groups is 1. The van der Waals surface area contributed by atoms with E-state index in [1.54, 1.807) is 0 Å². The minimum Gasteiger partial charge on any atom is -0.480 e. The summed E-state index contributed by atoms with van der Waals surface area (Å²) in [6, 6.07) is -0.136. The van der Waals surface area contributed by atoms with Gasteiger partial charge in [-0.25, -0.2) is 0 Å². The van der Waals surface area contributed by atoms with E-state index in [4.69, 9.17) is 5.11 Å². The molecule has 1 heterocycles. The summed E-state index contributed by atoms with van der Waals surface area (Å²) < 4.78 is 27.9.